The van der Waals surface area contributed by atoms with Crippen LogP contribution in [0.2, 0.25) is 0 Å². The van der Waals surface area contributed by atoms with Gasteiger partial charge in [0.2, 0.25) is 0 Å². The Morgan fingerprint density at radius 3 is 3.13 bits per heavy atom. The van der Waals surface area contributed by atoms with Crippen LogP contribution in [0, 0.1) is 5.92 Å². The van der Waals surface area contributed by atoms with Crippen molar-refractivity contribution in [1.29, 1.82) is 0 Å². The van der Waals surface area contributed by atoms with E-state index in [1.165, 1.54) is 0 Å². The van der Waals surface area contributed by atoms with Crippen molar-refractivity contribution >= 4 is 0 Å². The van der Waals surface area contributed by atoms with E-state index in [4.69, 9.17) is 4.74 Å². The van der Waals surface area contributed by atoms with Crippen LogP contribution in [0.15, 0.2) is 18.5 Å². The normalized spacial score (nSPS) is 28.9. The molecule has 0 amide bonds. The predicted molar refractivity (Wildman–Crippen MR) is 57.7 cm³/mol. The molecule has 0 aliphatic heterocycles. The van der Waals surface area contributed by atoms with Gasteiger partial charge in [0.15, 0.2) is 0 Å². The standard InChI is InChI=1S/C12H17NO2/c1-3-4-9-7-12(9,14)10-5-6-13-8-11(10)15-2/h5-6,8-9,14H,3-4,7H2,1-2H3. The Bertz CT molecular complexity index is 353. The third-order valence-corrected chi connectivity index (χ3v) is 3.18. The lowest BCUT2D eigenvalue weighted by molar-refractivity contribution is 0.125. The average Bonchev–Trinajstić information content (AvgIpc) is 2.91. The van der Waals surface area contributed by atoms with E-state index in [9.17, 15) is 5.11 Å². The van der Waals surface area contributed by atoms with Crippen molar-refractivity contribution < 1.29 is 9.84 Å². The van der Waals surface area contributed by atoms with E-state index in [0.29, 0.717) is 11.7 Å². The molecule has 1 aromatic heterocycles. The molecule has 3 nitrogen and oxygen atoms in total. The van der Waals surface area contributed by atoms with Gasteiger partial charge in [0, 0.05) is 11.8 Å². The average molecular weight is 207 g/mol. The zero-order valence-electron chi connectivity index (χ0n) is 9.23. The maximum atomic E-state index is 10.4. The molecule has 0 spiro atoms. The van der Waals surface area contributed by atoms with E-state index in [1.54, 1.807) is 19.5 Å². The van der Waals surface area contributed by atoms with Gasteiger partial charge in [-0.3, -0.25) is 4.98 Å². The van der Waals surface area contributed by atoms with Gasteiger partial charge >= 0.3 is 0 Å². The summed E-state index contributed by atoms with van der Waals surface area (Å²) < 4.78 is 5.22. The molecular weight excluding hydrogens is 190 g/mol. The fourth-order valence-electron chi connectivity index (χ4n) is 2.24. The first-order chi connectivity index (χ1) is 7.22. The van der Waals surface area contributed by atoms with Crippen molar-refractivity contribution in [2.45, 2.75) is 31.8 Å². The second-order valence-electron chi connectivity index (χ2n) is 4.19. The minimum absolute atomic E-state index is 0.388. The van der Waals surface area contributed by atoms with E-state index in [1.807, 2.05) is 6.07 Å². The van der Waals surface area contributed by atoms with Gasteiger partial charge in [0.1, 0.15) is 5.75 Å². The van der Waals surface area contributed by atoms with Gasteiger partial charge in [-0.2, -0.15) is 0 Å². The first kappa shape index (κ1) is 10.4. The second-order valence-corrected chi connectivity index (χ2v) is 4.19. The van der Waals surface area contributed by atoms with Crippen molar-refractivity contribution in [3.05, 3.63) is 24.0 Å². The zero-order chi connectivity index (χ0) is 10.9. The highest BCUT2D eigenvalue weighted by Crippen LogP contribution is 2.56. The molecule has 3 heteroatoms. The van der Waals surface area contributed by atoms with Crippen molar-refractivity contribution in [1.82, 2.24) is 4.98 Å². The van der Waals surface area contributed by atoms with Crippen LogP contribution in [-0.2, 0) is 5.60 Å². The van der Waals surface area contributed by atoms with Crippen LogP contribution < -0.4 is 4.74 Å². The number of aromatic nitrogens is 1. The molecule has 1 fully saturated rings. The van der Waals surface area contributed by atoms with Gasteiger partial charge in [0.25, 0.3) is 0 Å². The molecule has 1 aromatic rings. The molecular formula is C12H17NO2. The third kappa shape index (κ3) is 1.72. The van der Waals surface area contributed by atoms with Crippen molar-refractivity contribution in [2.75, 3.05) is 7.11 Å². The fourth-order valence-corrected chi connectivity index (χ4v) is 2.24. The lowest BCUT2D eigenvalue weighted by atomic mass is 10.0. The highest BCUT2D eigenvalue weighted by molar-refractivity contribution is 5.39. The Balaban J connectivity index is 2.23. The van der Waals surface area contributed by atoms with Gasteiger partial charge in [0.05, 0.1) is 18.9 Å². The molecule has 0 bridgehead atoms. The highest BCUT2D eigenvalue weighted by atomic mass is 16.5. The lowest BCUT2D eigenvalue weighted by Crippen LogP contribution is -2.10. The molecule has 0 aromatic carbocycles. The first-order valence-electron chi connectivity index (χ1n) is 5.43. The van der Waals surface area contributed by atoms with Crippen LogP contribution in [0.3, 0.4) is 0 Å². The topological polar surface area (TPSA) is 42.4 Å². The summed E-state index contributed by atoms with van der Waals surface area (Å²) in [5.74, 6) is 1.08. The molecule has 82 valence electrons. The number of methoxy groups -OCH3 is 1. The number of ether oxygens (including phenoxy) is 1. The van der Waals surface area contributed by atoms with Crippen LogP contribution in [-0.4, -0.2) is 17.2 Å². The molecule has 1 aliphatic carbocycles. The third-order valence-electron chi connectivity index (χ3n) is 3.18. The van der Waals surface area contributed by atoms with E-state index >= 15 is 0 Å². The zero-order valence-corrected chi connectivity index (χ0v) is 9.23. The van der Waals surface area contributed by atoms with Gasteiger partial charge in [-0.1, -0.05) is 13.3 Å². The molecule has 1 N–H and O–H groups in total. The largest absolute Gasteiger partial charge is 0.495 e. The summed E-state index contributed by atoms with van der Waals surface area (Å²) in [4.78, 5) is 3.99. The Morgan fingerprint density at radius 1 is 1.67 bits per heavy atom. The van der Waals surface area contributed by atoms with Gasteiger partial charge in [-0.15, -0.1) is 0 Å². The van der Waals surface area contributed by atoms with Crippen LogP contribution in [0.1, 0.15) is 31.7 Å². The minimum Gasteiger partial charge on any atom is -0.495 e. The molecule has 2 atom stereocenters. The van der Waals surface area contributed by atoms with Gasteiger partial charge in [-0.25, -0.2) is 0 Å². The van der Waals surface area contributed by atoms with Crippen LogP contribution in [0.4, 0.5) is 0 Å². The monoisotopic (exact) mass is 207 g/mol. The summed E-state index contributed by atoms with van der Waals surface area (Å²) in [6.07, 6.45) is 6.40. The number of nitrogens with zero attached hydrogens (tertiary/aromatic N) is 1. The molecule has 0 radical (unpaired) electrons. The lowest BCUT2D eigenvalue weighted by Gasteiger charge is -2.14. The van der Waals surface area contributed by atoms with Crippen LogP contribution in [0.5, 0.6) is 5.75 Å². The Morgan fingerprint density at radius 2 is 2.47 bits per heavy atom. The van der Waals surface area contributed by atoms with Crippen LogP contribution >= 0.6 is 0 Å². The molecule has 2 unspecified atom stereocenters. The predicted octanol–water partition coefficient (Wildman–Crippen LogP) is 2.10. The molecule has 1 heterocycles. The van der Waals surface area contributed by atoms with Gasteiger partial charge < -0.3 is 9.84 Å². The maximum absolute atomic E-state index is 10.4. The summed E-state index contributed by atoms with van der Waals surface area (Å²) in [6, 6.07) is 1.86. The highest BCUT2D eigenvalue weighted by Gasteiger charge is 2.54. The van der Waals surface area contributed by atoms with E-state index in [2.05, 4.69) is 11.9 Å². The molecule has 0 saturated heterocycles. The molecule has 2 rings (SSSR count). The van der Waals surface area contributed by atoms with Crippen molar-refractivity contribution in [2.24, 2.45) is 5.92 Å². The number of hydrogen-bond donors (Lipinski definition) is 1. The summed E-state index contributed by atoms with van der Waals surface area (Å²) in [6.45, 7) is 2.14. The Kier molecular flexibility index (Phi) is 2.65. The first-order valence-corrected chi connectivity index (χ1v) is 5.43. The molecule has 1 saturated carbocycles. The Labute approximate surface area is 90.1 Å². The second kappa shape index (κ2) is 3.81. The minimum atomic E-state index is -0.662. The number of rotatable bonds is 4. The molecule has 15 heavy (non-hydrogen) atoms. The van der Waals surface area contributed by atoms with Crippen molar-refractivity contribution in [3.8, 4) is 5.75 Å². The van der Waals surface area contributed by atoms with E-state index < -0.39 is 5.60 Å². The smallest absolute Gasteiger partial charge is 0.143 e. The Hall–Kier alpha value is -1.09. The summed E-state index contributed by atoms with van der Waals surface area (Å²) >= 11 is 0. The fraction of sp³-hybridized carbons (Fsp3) is 0.583. The molecule has 1 aliphatic rings. The summed E-state index contributed by atoms with van der Waals surface area (Å²) in [7, 11) is 1.61. The van der Waals surface area contributed by atoms with Crippen LogP contribution in [0.25, 0.3) is 0 Å². The summed E-state index contributed by atoms with van der Waals surface area (Å²) in [5, 5.41) is 10.4. The van der Waals surface area contributed by atoms with E-state index in [0.717, 1.165) is 24.8 Å². The number of hydrogen-bond acceptors (Lipinski definition) is 3. The quantitative estimate of drug-likeness (QED) is 0.822. The van der Waals surface area contributed by atoms with E-state index in [-0.39, 0.29) is 0 Å². The number of pyridine rings is 1. The number of aliphatic hydroxyl groups is 1. The maximum Gasteiger partial charge on any atom is 0.143 e. The van der Waals surface area contributed by atoms with Gasteiger partial charge in [-0.05, 0) is 24.8 Å². The van der Waals surface area contributed by atoms with Crippen molar-refractivity contribution in [3.63, 3.8) is 0 Å². The SMILES string of the molecule is CCCC1CC1(O)c1ccncc1OC. The summed E-state index contributed by atoms with van der Waals surface area (Å²) in [5.41, 5.74) is 0.225.